The van der Waals surface area contributed by atoms with Crippen LogP contribution < -0.4 is 11.5 Å². The Balaban J connectivity index is 2.37. The molecule has 4 N–H and O–H groups in total. The van der Waals surface area contributed by atoms with Crippen molar-refractivity contribution in [3.8, 4) is 0 Å². The minimum absolute atomic E-state index is 0.345. The summed E-state index contributed by atoms with van der Waals surface area (Å²) in [6.45, 7) is 3.01. The first kappa shape index (κ1) is 13.0. The molecular weight excluding hydrogens is 184 g/mol. The fourth-order valence-corrected chi connectivity index (χ4v) is 2.93. The average Bonchev–Trinajstić information content (AvgIpc) is 2.29. The number of hydrogen-bond donors (Lipinski definition) is 2. The van der Waals surface area contributed by atoms with Gasteiger partial charge in [-0.15, -0.1) is 0 Å². The van der Waals surface area contributed by atoms with Crippen molar-refractivity contribution >= 4 is 0 Å². The minimum Gasteiger partial charge on any atom is -0.330 e. The van der Waals surface area contributed by atoms with Gasteiger partial charge in [-0.2, -0.15) is 0 Å². The summed E-state index contributed by atoms with van der Waals surface area (Å²) in [6.07, 6.45) is 10.6. The van der Waals surface area contributed by atoms with E-state index in [4.69, 9.17) is 11.5 Å². The fourth-order valence-electron chi connectivity index (χ4n) is 2.93. The van der Waals surface area contributed by atoms with Crippen molar-refractivity contribution in [1.82, 2.24) is 0 Å². The van der Waals surface area contributed by atoms with E-state index in [-0.39, 0.29) is 0 Å². The van der Waals surface area contributed by atoms with Crippen molar-refractivity contribution in [3.05, 3.63) is 0 Å². The van der Waals surface area contributed by atoms with Gasteiger partial charge >= 0.3 is 0 Å². The number of nitrogens with two attached hydrogens (primary N) is 2. The molecule has 1 rings (SSSR count). The number of unbranched alkanes of at least 4 members (excludes halogenated alkanes) is 1. The quantitative estimate of drug-likeness (QED) is 0.711. The van der Waals surface area contributed by atoms with Crippen molar-refractivity contribution in [1.29, 1.82) is 0 Å². The lowest BCUT2D eigenvalue weighted by atomic mass is 9.76. The molecule has 0 aromatic heterocycles. The van der Waals surface area contributed by atoms with E-state index < -0.39 is 0 Å². The normalized spacial score (nSPS) is 22.6. The molecule has 0 saturated heterocycles. The third-order valence-electron chi connectivity index (χ3n) is 3.97. The monoisotopic (exact) mass is 212 g/mol. The Morgan fingerprint density at radius 1 is 1.20 bits per heavy atom. The first-order valence-corrected chi connectivity index (χ1v) is 6.75. The van der Waals surface area contributed by atoms with E-state index in [0.717, 1.165) is 18.9 Å². The van der Waals surface area contributed by atoms with Crippen molar-refractivity contribution in [2.75, 3.05) is 6.54 Å². The van der Waals surface area contributed by atoms with Gasteiger partial charge in [-0.3, -0.25) is 0 Å². The van der Waals surface area contributed by atoms with E-state index >= 15 is 0 Å². The summed E-state index contributed by atoms with van der Waals surface area (Å²) in [7, 11) is 0. The standard InChI is InChI=1S/C13H28N2/c1-2-3-9-13(15)12(10-14)11-7-5-4-6-8-11/h11-13H,2-10,14-15H2,1H3. The summed E-state index contributed by atoms with van der Waals surface area (Å²) in [5.41, 5.74) is 12.2. The van der Waals surface area contributed by atoms with Crippen molar-refractivity contribution in [2.24, 2.45) is 23.3 Å². The molecule has 0 radical (unpaired) electrons. The summed E-state index contributed by atoms with van der Waals surface area (Å²) in [5, 5.41) is 0. The fraction of sp³-hybridized carbons (Fsp3) is 1.00. The highest BCUT2D eigenvalue weighted by Crippen LogP contribution is 2.31. The SMILES string of the molecule is CCCCC(N)C(CN)C1CCCCC1. The van der Waals surface area contributed by atoms with Gasteiger partial charge in [0.15, 0.2) is 0 Å². The second-order valence-corrected chi connectivity index (χ2v) is 5.10. The molecule has 2 nitrogen and oxygen atoms in total. The molecule has 0 aliphatic heterocycles. The molecule has 0 aromatic carbocycles. The molecule has 0 bridgehead atoms. The van der Waals surface area contributed by atoms with Crippen molar-refractivity contribution in [2.45, 2.75) is 64.3 Å². The highest BCUT2D eigenvalue weighted by molar-refractivity contribution is 4.82. The Hall–Kier alpha value is -0.0800. The minimum atomic E-state index is 0.345. The lowest BCUT2D eigenvalue weighted by Gasteiger charge is -2.33. The van der Waals surface area contributed by atoms with E-state index in [2.05, 4.69) is 6.92 Å². The maximum absolute atomic E-state index is 6.27. The summed E-state index contributed by atoms with van der Waals surface area (Å²) in [5.74, 6) is 1.40. The topological polar surface area (TPSA) is 52.0 Å². The summed E-state index contributed by atoms with van der Waals surface area (Å²) < 4.78 is 0. The molecule has 15 heavy (non-hydrogen) atoms. The second-order valence-electron chi connectivity index (χ2n) is 5.10. The van der Waals surface area contributed by atoms with Crippen LogP contribution in [0.1, 0.15) is 58.3 Å². The molecule has 2 heteroatoms. The smallest absolute Gasteiger partial charge is 0.00818 e. The van der Waals surface area contributed by atoms with Crippen LogP contribution in [0.15, 0.2) is 0 Å². The van der Waals surface area contributed by atoms with Gasteiger partial charge in [0.1, 0.15) is 0 Å². The molecule has 90 valence electrons. The van der Waals surface area contributed by atoms with Crippen LogP contribution in [0.3, 0.4) is 0 Å². The largest absolute Gasteiger partial charge is 0.330 e. The zero-order chi connectivity index (χ0) is 11.1. The molecule has 2 atom stereocenters. The van der Waals surface area contributed by atoms with E-state index in [0.29, 0.717) is 12.0 Å². The van der Waals surface area contributed by atoms with Crippen LogP contribution in [0.25, 0.3) is 0 Å². The lowest BCUT2D eigenvalue weighted by Crippen LogP contribution is -2.40. The van der Waals surface area contributed by atoms with Crippen molar-refractivity contribution < 1.29 is 0 Å². The molecule has 1 aliphatic carbocycles. The Kier molecular flexibility index (Phi) is 6.26. The van der Waals surface area contributed by atoms with Gasteiger partial charge < -0.3 is 11.5 Å². The van der Waals surface area contributed by atoms with Gasteiger partial charge in [0.2, 0.25) is 0 Å². The van der Waals surface area contributed by atoms with Crippen LogP contribution in [0.4, 0.5) is 0 Å². The zero-order valence-corrected chi connectivity index (χ0v) is 10.3. The van der Waals surface area contributed by atoms with Gasteiger partial charge in [0.05, 0.1) is 0 Å². The molecule has 1 fully saturated rings. The molecule has 2 unspecified atom stereocenters. The highest BCUT2D eigenvalue weighted by Gasteiger charge is 2.26. The van der Waals surface area contributed by atoms with Crippen molar-refractivity contribution in [3.63, 3.8) is 0 Å². The summed E-state index contributed by atoms with van der Waals surface area (Å²) >= 11 is 0. The third-order valence-corrected chi connectivity index (χ3v) is 3.97. The molecule has 1 saturated carbocycles. The highest BCUT2D eigenvalue weighted by atomic mass is 14.7. The van der Waals surface area contributed by atoms with Gasteiger partial charge in [-0.1, -0.05) is 51.9 Å². The summed E-state index contributed by atoms with van der Waals surface area (Å²) in [4.78, 5) is 0. The first-order valence-electron chi connectivity index (χ1n) is 6.75. The van der Waals surface area contributed by atoms with E-state index in [9.17, 15) is 0 Å². The lowest BCUT2D eigenvalue weighted by molar-refractivity contribution is 0.214. The first-order chi connectivity index (χ1) is 7.29. The van der Waals surface area contributed by atoms with E-state index in [1.807, 2.05) is 0 Å². The number of rotatable bonds is 6. The van der Waals surface area contributed by atoms with Gasteiger partial charge in [0, 0.05) is 6.04 Å². The molecule has 0 amide bonds. The average molecular weight is 212 g/mol. The van der Waals surface area contributed by atoms with E-state index in [1.54, 1.807) is 0 Å². The van der Waals surface area contributed by atoms with Crippen LogP contribution in [0, 0.1) is 11.8 Å². The van der Waals surface area contributed by atoms with E-state index in [1.165, 1.54) is 44.9 Å². The van der Waals surface area contributed by atoms with Crippen LogP contribution >= 0.6 is 0 Å². The molecular formula is C13H28N2. The molecule has 1 aliphatic rings. The molecule has 0 aromatic rings. The Morgan fingerprint density at radius 3 is 2.40 bits per heavy atom. The number of hydrogen-bond acceptors (Lipinski definition) is 2. The van der Waals surface area contributed by atoms with Crippen LogP contribution in [-0.4, -0.2) is 12.6 Å². The van der Waals surface area contributed by atoms with Crippen LogP contribution in [-0.2, 0) is 0 Å². The Bertz CT molecular complexity index is 153. The second kappa shape index (κ2) is 7.24. The van der Waals surface area contributed by atoms with Crippen LogP contribution in [0.2, 0.25) is 0 Å². The molecule has 0 heterocycles. The predicted octanol–water partition coefficient (Wildman–Crippen LogP) is 2.66. The Morgan fingerprint density at radius 2 is 1.87 bits per heavy atom. The third kappa shape index (κ3) is 4.12. The predicted molar refractivity (Wildman–Crippen MR) is 66.6 cm³/mol. The molecule has 0 spiro atoms. The zero-order valence-electron chi connectivity index (χ0n) is 10.3. The summed E-state index contributed by atoms with van der Waals surface area (Å²) in [6, 6.07) is 0.345. The Labute approximate surface area is 94.8 Å². The van der Waals surface area contributed by atoms with Crippen LogP contribution in [0.5, 0.6) is 0 Å². The van der Waals surface area contributed by atoms with Gasteiger partial charge in [-0.25, -0.2) is 0 Å². The van der Waals surface area contributed by atoms with Gasteiger partial charge in [-0.05, 0) is 24.8 Å². The maximum Gasteiger partial charge on any atom is 0.00818 e. The maximum atomic E-state index is 6.27. The van der Waals surface area contributed by atoms with Gasteiger partial charge in [0.25, 0.3) is 0 Å².